The van der Waals surface area contributed by atoms with Crippen LogP contribution in [0.1, 0.15) is 112 Å². The number of fused-ring (bicyclic) bond motifs is 5. The summed E-state index contributed by atoms with van der Waals surface area (Å²) in [5, 5.41) is 10.3. The Morgan fingerprint density at radius 1 is 0.897 bits per heavy atom. The van der Waals surface area contributed by atoms with Gasteiger partial charge in [0, 0.05) is 4.75 Å². The van der Waals surface area contributed by atoms with Gasteiger partial charge in [-0.2, -0.15) is 12.6 Å². The zero-order chi connectivity index (χ0) is 21.0. The quantitative estimate of drug-likeness (QED) is 0.441. The van der Waals surface area contributed by atoms with E-state index < -0.39 is 0 Å². The summed E-state index contributed by atoms with van der Waals surface area (Å²) in [6.45, 7) is 12.5. The molecule has 2 heteroatoms. The van der Waals surface area contributed by atoms with Gasteiger partial charge in [0.15, 0.2) is 0 Å². The van der Waals surface area contributed by atoms with Gasteiger partial charge >= 0.3 is 0 Å². The predicted octanol–water partition coefficient (Wildman–Crippen LogP) is 7.52. The van der Waals surface area contributed by atoms with E-state index in [0.29, 0.717) is 16.7 Å². The van der Waals surface area contributed by atoms with Crippen LogP contribution in [0.2, 0.25) is 0 Å². The molecule has 0 radical (unpaired) electrons. The van der Waals surface area contributed by atoms with Gasteiger partial charge in [-0.05, 0) is 104 Å². The highest BCUT2D eigenvalue weighted by molar-refractivity contribution is 7.81. The Kier molecular flexibility index (Phi) is 6.22. The van der Waals surface area contributed by atoms with E-state index in [1.54, 1.807) is 0 Å². The van der Waals surface area contributed by atoms with Gasteiger partial charge in [0.25, 0.3) is 0 Å². The molecule has 4 aliphatic carbocycles. The Hall–Kier alpha value is 0.310. The van der Waals surface area contributed by atoms with Gasteiger partial charge in [-0.1, -0.05) is 53.9 Å². The monoisotopic (exact) mass is 420 g/mol. The van der Waals surface area contributed by atoms with Crippen LogP contribution < -0.4 is 0 Å². The van der Waals surface area contributed by atoms with E-state index in [1.807, 2.05) is 0 Å². The average molecular weight is 421 g/mol. The Bertz CT molecular complexity index is 589. The van der Waals surface area contributed by atoms with Crippen molar-refractivity contribution in [2.24, 2.45) is 46.3 Å². The van der Waals surface area contributed by atoms with Crippen molar-refractivity contribution in [3.05, 3.63) is 0 Å². The van der Waals surface area contributed by atoms with Crippen LogP contribution in [0.25, 0.3) is 0 Å². The molecule has 1 unspecified atom stereocenters. The molecule has 168 valence electrons. The largest absolute Gasteiger partial charge is 0.393 e. The second-order valence-corrected chi connectivity index (χ2v) is 13.5. The van der Waals surface area contributed by atoms with Crippen molar-refractivity contribution < 1.29 is 5.11 Å². The van der Waals surface area contributed by atoms with Gasteiger partial charge in [0.1, 0.15) is 0 Å². The van der Waals surface area contributed by atoms with E-state index in [4.69, 9.17) is 12.6 Å². The van der Waals surface area contributed by atoms with Crippen LogP contribution in [-0.2, 0) is 0 Å². The fourth-order valence-electron chi connectivity index (χ4n) is 9.20. The van der Waals surface area contributed by atoms with Crippen molar-refractivity contribution in [3.63, 3.8) is 0 Å². The third kappa shape index (κ3) is 3.55. The van der Waals surface area contributed by atoms with E-state index >= 15 is 0 Å². The summed E-state index contributed by atoms with van der Waals surface area (Å²) in [4.78, 5) is 0. The van der Waals surface area contributed by atoms with Gasteiger partial charge in [-0.25, -0.2) is 0 Å². The number of aliphatic hydroxyl groups is 1. The molecule has 4 saturated carbocycles. The standard InChI is InChI=1S/C27H48OS/c1-18(2)7-6-8-19(3)22-11-12-23-24-10-9-20-17-21(28)13-14-26(20,5)27(24,29)16-15-25(22,23)4/h18-24,28-29H,6-17H2,1-5H3/t19-,20?,21-,22-,23+,24+,25-,26+,27-/m1/s1. The van der Waals surface area contributed by atoms with Gasteiger partial charge in [0.2, 0.25) is 0 Å². The molecule has 0 aromatic carbocycles. The average Bonchev–Trinajstić information content (AvgIpc) is 3.00. The molecule has 0 bridgehead atoms. The molecule has 0 saturated heterocycles. The smallest absolute Gasteiger partial charge is 0.0543 e. The normalized spacial score (nSPS) is 50.7. The summed E-state index contributed by atoms with van der Waals surface area (Å²) in [5.74, 6) is 5.03. The Morgan fingerprint density at radius 2 is 1.62 bits per heavy atom. The lowest BCUT2D eigenvalue weighted by Crippen LogP contribution is -2.63. The third-order valence-corrected chi connectivity index (χ3v) is 12.1. The fraction of sp³-hybridized carbons (Fsp3) is 1.00. The first-order valence-electron chi connectivity index (χ1n) is 13.0. The van der Waals surface area contributed by atoms with Crippen LogP contribution >= 0.6 is 12.6 Å². The Morgan fingerprint density at radius 3 is 2.34 bits per heavy atom. The lowest BCUT2D eigenvalue weighted by Gasteiger charge is -2.66. The van der Waals surface area contributed by atoms with E-state index in [9.17, 15) is 5.11 Å². The minimum absolute atomic E-state index is 0.0574. The molecule has 0 spiro atoms. The topological polar surface area (TPSA) is 20.2 Å². The number of hydrogen-bond acceptors (Lipinski definition) is 2. The van der Waals surface area contributed by atoms with Crippen molar-refractivity contribution in [1.82, 2.24) is 0 Å². The highest BCUT2D eigenvalue weighted by Gasteiger charge is 2.66. The van der Waals surface area contributed by atoms with E-state index in [2.05, 4.69) is 34.6 Å². The van der Waals surface area contributed by atoms with E-state index in [1.165, 1.54) is 64.2 Å². The molecular weight excluding hydrogens is 372 g/mol. The minimum atomic E-state index is -0.0574. The lowest BCUT2D eigenvalue weighted by molar-refractivity contribution is -0.109. The summed E-state index contributed by atoms with van der Waals surface area (Å²) in [6, 6.07) is 0. The number of rotatable bonds is 5. The highest BCUT2D eigenvalue weighted by Crippen LogP contribution is 2.71. The first-order valence-corrected chi connectivity index (χ1v) is 13.5. The van der Waals surface area contributed by atoms with Crippen LogP contribution in [-0.4, -0.2) is 16.0 Å². The van der Waals surface area contributed by atoms with Crippen LogP contribution in [0.15, 0.2) is 0 Å². The van der Waals surface area contributed by atoms with Crippen molar-refractivity contribution in [1.29, 1.82) is 0 Å². The van der Waals surface area contributed by atoms with Crippen molar-refractivity contribution in [3.8, 4) is 0 Å². The minimum Gasteiger partial charge on any atom is -0.393 e. The van der Waals surface area contributed by atoms with Gasteiger partial charge in [-0.15, -0.1) is 0 Å². The second kappa shape index (κ2) is 8.02. The molecule has 29 heavy (non-hydrogen) atoms. The molecule has 4 rings (SSSR count). The zero-order valence-corrected chi connectivity index (χ0v) is 20.8. The van der Waals surface area contributed by atoms with Gasteiger partial charge in [-0.3, -0.25) is 0 Å². The van der Waals surface area contributed by atoms with Gasteiger partial charge in [0.05, 0.1) is 6.10 Å². The summed E-state index contributed by atoms with van der Waals surface area (Å²) >= 11 is 5.61. The van der Waals surface area contributed by atoms with Crippen LogP contribution in [0.5, 0.6) is 0 Å². The van der Waals surface area contributed by atoms with Crippen LogP contribution in [0.3, 0.4) is 0 Å². The molecule has 9 atom stereocenters. The maximum Gasteiger partial charge on any atom is 0.0543 e. The molecule has 0 aromatic rings. The summed E-state index contributed by atoms with van der Waals surface area (Å²) in [6.07, 6.45) is 15.7. The first kappa shape index (κ1) is 22.5. The maximum atomic E-state index is 10.3. The fourth-order valence-corrected chi connectivity index (χ4v) is 9.92. The van der Waals surface area contributed by atoms with E-state index in [-0.39, 0.29) is 10.9 Å². The molecular formula is C27H48OS. The second-order valence-electron chi connectivity index (χ2n) is 12.7. The SMILES string of the molecule is CC(C)CCC[C@@H](C)[C@H]1CC[C@H]2[C@@H]3CCC4C[C@H](O)CC[C@]4(C)[C@@]3(S)CC[C@]12C. The lowest BCUT2D eigenvalue weighted by atomic mass is 9.43. The molecule has 0 heterocycles. The summed E-state index contributed by atoms with van der Waals surface area (Å²) in [5.41, 5.74) is 0.881. The number of hydrogen-bond donors (Lipinski definition) is 2. The van der Waals surface area contributed by atoms with Crippen LogP contribution in [0.4, 0.5) is 0 Å². The molecule has 0 aliphatic heterocycles. The zero-order valence-electron chi connectivity index (χ0n) is 19.9. The highest BCUT2D eigenvalue weighted by atomic mass is 32.1. The third-order valence-electron chi connectivity index (χ3n) is 11.0. The summed E-state index contributed by atoms with van der Waals surface area (Å²) in [7, 11) is 0. The maximum absolute atomic E-state index is 10.3. The molecule has 0 amide bonds. The number of aliphatic hydroxyl groups excluding tert-OH is 1. The van der Waals surface area contributed by atoms with Crippen molar-refractivity contribution in [2.45, 2.75) is 123 Å². The van der Waals surface area contributed by atoms with Gasteiger partial charge < -0.3 is 5.11 Å². The molecule has 1 N–H and O–H groups in total. The van der Waals surface area contributed by atoms with E-state index in [0.717, 1.165) is 42.4 Å². The molecule has 4 fully saturated rings. The number of thiol groups is 1. The summed E-state index contributed by atoms with van der Waals surface area (Å²) < 4.78 is 0.204. The molecule has 0 aromatic heterocycles. The van der Waals surface area contributed by atoms with Crippen LogP contribution in [0, 0.1) is 46.3 Å². The predicted molar refractivity (Wildman–Crippen MR) is 127 cm³/mol. The molecule has 1 nitrogen and oxygen atoms in total. The van der Waals surface area contributed by atoms with Crippen molar-refractivity contribution >= 4 is 12.6 Å². The first-order chi connectivity index (χ1) is 13.6. The molecule has 4 aliphatic rings. The Balaban J connectivity index is 1.51. The van der Waals surface area contributed by atoms with Crippen molar-refractivity contribution in [2.75, 3.05) is 0 Å². The Labute approximate surface area is 186 Å².